The van der Waals surface area contributed by atoms with E-state index in [4.69, 9.17) is 9.47 Å². The van der Waals surface area contributed by atoms with Crippen molar-refractivity contribution in [2.24, 2.45) is 5.92 Å². The number of ether oxygens (including phenoxy) is 2. The van der Waals surface area contributed by atoms with Crippen LogP contribution in [0.2, 0.25) is 0 Å². The van der Waals surface area contributed by atoms with Crippen LogP contribution in [0.4, 0.5) is 0 Å². The van der Waals surface area contributed by atoms with Gasteiger partial charge in [0.2, 0.25) is 0 Å². The maximum Gasteiger partial charge on any atom is 0.106 e. The summed E-state index contributed by atoms with van der Waals surface area (Å²) in [4.78, 5) is 0. The summed E-state index contributed by atoms with van der Waals surface area (Å²) in [5.74, 6) is 1.73. The van der Waals surface area contributed by atoms with Crippen molar-refractivity contribution >= 4 is 0 Å². The molecule has 1 heterocycles. The number of unbranched alkanes of at least 4 members (excludes halogenated alkanes) is 7. The van der Waals surface area contributed by atoms with Crippen LogP contribution in [0.5, 0.6) is 0 Å². The van der Waals surface area contributed by atoms with Crippen molar-refractivity contribution in [3.05, 3.63) is 59.7 Å². The standard InChI is InChI=1S/C35H52O2/c1-3-5-7-9-11-13-34-26-37-35(27-36-34)33-24-22-32(23-25-33)31-20-18-30(19-21-31)29-16-14-28(15-17-29)12-10-8-6-4-2/h18-25,28-29,34-35H,3-17,26-27H2,1-2H3/t28-,29-,34-,35-/m0/s1. The van der Waals surface area contributed by atoms with E-state index in [-0.39, 0.29) is 12.2 Å². The van der Waals surface area contributed by atoms with E-state index in [1.165, 1.54) is 112 Å². The highest BCUT2D eigenvalue weighted by Gasteiger charge is 2.24. The molecule has 2 nitrogen and oxygen atoms in total. The SMILES string of the molecule is CCCCCCC[C@H]1CO[C@H](c2ccc(-c3ccc([C@H]4CC[C@H](CCCCCC)CC4)cc3)cc2)CO1. The van der Waals surface area contributed by atoms with E-state index in [9.17, 15) is 0 Å². The van der Waals surface area contributed by atoms with E-state index >= 15 is 0 Å². The van der Waals surface area contributed by atoms with Crippen molar-refractivity contribution in [3.63, 3.8) is 0 Å². The van der Waals surface area contributed by atoms with Crippen LogP contribution in [0.1, 0.15) is 133 Å². The van der Waals surface area contributed by atoms with Crippen molar-refractivity contribution in [2.75, 3.05) is 13.2 Å². The predicted octanol–water partition coefficient (Wildman–Crippen LogP) is 10.4. The molecule has 2 atom stereocenters. The van der Waals surface area contributed by atoms with Crippen LogP contribution in [0.15, 0.2) is 48.5 Å². The fraction of sp³-hybridized carbons (Fsp3) is 0.657. The zero-order valence-electron chi connectivity index (χ0n) is 23.8. The molecule has 1 saturated heterocycles. The smallest absolute Gasteiger partial charge is 0.106 e. The molecule has 204 valence electrons. The van der Waals surface area contributed by atoms with Crippen LogP contribution in [0, 0.1) is 5.92 Å². The Hall–Kier alpha value is -1.64. The van der Waals surface area contributed by atoms with E-state index in [0.717, 1.165) is 24.9 Å². The Labute approximate surface area is 227 Å². The van der Waals surface area contributed by atoms with Gasteiger partial charge in [-0.2, -0.15) is 0 Å². The largest absolute Gasteiger partial charge is 0.373 e. The summed E-state index contributed by atoms with van der Waals surface area (Å²) in [5, 5.41) is 0. The summed E-state index contributed by atoms with van der Waals surface area (Å²) < 4.78 is 12.3. The van der Waals surface area contributed by atoms with Gasteiger partial charge in [-0.05, 0) is 66.2 Å². The van der Waals surface area contributed by atoms with Crippen LogP contribution in [-0.2, 0) is 9.47 Å². The Bertz CT molecular complexity index is 855. The molecule has 0 bridgehead atoms. The van der Waals surface area contributed by atoms with Gasteiger partial charge in [-0.3, -0.25) is 0 Å². The normalized spacial score (nSPS) is 24.3. The molecule has 0 spiro atoms. The maximum atomic E-state index is 6.20. The number of hydrogen-bond donors (Lipinski definition) is 0. The van der Waals surface area contributed by atoms with Gasteiger partial charge in [0.25, 0.3) is 0 Å². The summed E-state index contributed by atoms with van der Waals surface area (Å²) in [6.45, 7) is 5.97. The molecule has 0 radical (unpaired) electrons. The minimum atomic E-state index is 0.0644. The lowest BCUT2D eigenvalue weighted by atomic mass is 9.77. The molecule has 0 unspecified atom stereocenters. The van der Waals surface area contributed by atoms with Gasteiger partial charge in [-0.1, -0.05) is 127 Å². The van der Waals surface area contributed by atoms with Crippen molar-refractivity contribution in [1.29, 1.82) is 0 Å². The first-order valence-corrected chi connectivity index (χ1v) is 15.7. The highest BCUT2D eigenvalue weighted by atomic mass is 16.6. The quantitative estimate of drug-likeness (QED) is 0.238. The van der Waals surface area contributed by atoms with E-state index in [1.54, 1.807) is 0 Å². The molecule has 0 N–H and O–H groups in total. The summed E-state index contributed by atoms with van der Waals surface area (Å²) in [6.07, 6.45) is 20.7. The Morgan fingerprint density at radius 3 is 1.73 bits per heavy atom. The molecule has 2 aromatic carbocycles. The molecule has 1 saturated carbocycles. The van der Waals surface area contributed by atoms with E-state index in [0.29, 0.717) is 6.61 Å². The number of rotatable bonds is 14. The van der Waals surface area contributed by atoms with Gasteiger partial charge in [-0.25, -0.2) is 0 Å². The first-order chi connectivity index (χ1) is 18.3. The minimum absolute atomic E-state index is 0.0644. The third-order valence-electron chi connectivity index (χ3n) is 8.91. The third kappa shape index (κ3) is 8.96. The third-order valence-corrected chi connectivity index (χ3v) is 8.91. The molecule has 37 heavy (non-hydrogen) atoms. The number of benzene rings is 2. The highest BCUT2D eigenvalue weighted by Crippen LogP contribution is 2.38. The zero-order chi connectivity index (χ0) is 25.7. The van der Waals surface area contributed by atoms with Crippen molar-refractivity contribution in [1.82, 2.24) is 0 Å². The van der Waals surface area contributed by atoms with Gasteiger partial charge in [0.15, 0.2) is 0 Å². The summed E-state index contributed by atoms with van der Waals surface area (Å²) in [6, 6.07) is 18.4. The number of hydrogen-bond acceptors (Lipinski definition) is 2. The van der Waals surface area contributed by atoms with Crippen LogP contribution < -0.4 is 0 Å². The first kappa shape index (κ1) is 28.4. The maximum absolute atomic E-state index is 6.20. The first-order valence-electron chi connectivity index (χ1n) is 15.7. The van der Waals surface area contributed by atoms with Gasteiger partial charge in [0.05, 0.1) is 19.3 Å². The topological polar surface area (TPSA) is 18.5 Å². The Kier molecular flexibility index (Phi) is 12.0. The molecule has 2 fully saturated rings. The summed E-state index contributed by atoms with van der Waals surface area (Å²) >= 11 is 0. The predicted molar refractivity (Wildman–Crippen MR) is 157 cm³/mol. The molecular weight excluding hydrogens is 452 g/mol. The van der Waals surface area contributed by atoms with Crippen LogP contribution in [-0.4, -0.2) is 19.3 Å². The summed E-state index contributed by atoms with van der Waals surface area (Å²) in [5.41, 5.74) is 5.36. The monoisotopic (exact) mass is 504 g/mol. The Morgan fingerprint density at radius 1 is 0.568 bits per heavy atom. The molecule has 4 rings (SSSR count). The average Bonchev–Trinajstić information content (AvgIpc) is 2.96. The van der Waals surface area contributed by atoms with Crippen molar-refractivity contribution < 1.29 is 9.47 Å². The van der Waals surface area contributed by atoms with Gasteiger partial charge in [0.1, 0.15) is 6.10 Å². The second-order valence-corrected chi connectivity index (χ2v) is 11.8. The molecule has 0 aromatic heterocycles. The lowest BCUT2D eigenvalue weighted by Crippen LogP contribution is -2.31. The molecule has 0 amide bonds. The van der Waals surface area contributed by atoms with Gasteiger partial charge >= 0.3 is 0 Å². The molecule has 2 aromatic rings. The average molecular weight is 505 g/mol. The lowest BCUT2D eigenvalue weighted by Gasteiger charge is -2.30. The van der Waals surface area contributed by atoms with Crippen molar-refractivity contribution in [3.8, 4) is 11.1 Å². The van der Waals surface area contributed by atoms with Gasteiger partial charge in [0, 0.05) is 0 Å². The molecule has 2 heteroatoms. The van der Waals surface area contributed by atoms with Crippen LogP contribution in [0.3, 0.4) is 0 Å². The second-order valence-electron chi connectivity index (χ2n) is 11.8. The lowest BCUT2D eigenvalue weighted by molar-refractivity contribution is -0.137. The van der Waals surface area contributed by atoms with Crippen LogP contribution >= 0.6 is 0 Å². The fourth-order valence-electron chi connectivity index (χ4n) is 6.36. The second kappa shape index (κ2) is 15.7. The molecule has 1 aliphatic heterocycles. The highest BCUT2D eigenvalue weighted by molar-refractivity contribution is 5.64. The van der Waals surface area contributed by atoms with Gasteiger partial charge in [-0.15, -0.1) is 0 Å². The van der Waals surface area contributed by atoms with Crippen molar-refractivity contribution in [2.45, 2.75) is 128 Å². The molecule has 2 aliphatic rings. The van der Waals surface area contributed by atoms with E-state index < -0.39 is 0 Å². The Morgan fingerprint density at radius 2 is 1.14 bits per heavy atom. The minimum Gasteiger partial charge on any atom is -0.373 e. The molecule has 1 aliphatic carbocycles. The van der Waals surface area contributed by atoms with E-state index in [1.807, 2.05) is 0 Å². The fourth-order valence-corrected chi connectivity index (χ4v) is 6.36. The Balaban J connectivity index is 1.20. The van der Waals surface area contributed by atoms with E-state index in [2.05, 4.69) is 62.4 Å². The van der Waals surface area contributed by atoms with Crippen LogP contribution in [0.25, 0.3) is 11.1 Å². The van der Waals surface area contributed by atoms with Gasteiger partial charge < -0.3 is 9.47 Å². The zero-order valence-corrected chi connectivity index (χ0v) is 23.8. The summed E-state index contributed by atoms with van der Waals surface area (Å²) in [7, 11) is 0. The molecular formula is C35H52O2.